The van der Waals surface area contributed by atoms with Gasteiger partial charge < -0.3 is 5.73 Å². The van der Waals surface area contributed by atoms with Gasteiger partial charge in [-0.25, -0.2) is 0 Å². The Labute approximate surface area is 113 Å². The van der Waals surface area contributed by atoms with Gasteiger partial charge in [0.25, 0.3) is 0 Å². The molecule has 0 aromatic rings. The molecule has 2 aliphatic rings. The lowest BCUT2D eigenvalue weighted by Gasteiger charge is -2.37. The maximum absolute atomic E-state index is 6.12. The molecule has 0 saturated heterocycles. The van der Waals surface area contributed by atoms with Crippen molar-refractivity contribution >= 4 is 0 Å². The standard InChI is InChI=1S/C16H32N2/c1-2-18(13-14-10-11-14)16(12-17)15-8-6-4-3-5-7-9-15/h14-16H,2-13,17H2,1H3. The smallest absolute Gasteiger partial charge is 0.0246 e. The highest BCUT2D eigenvalue weighted by Gasteiger charge is 2.30. The first-order valence-electron chi connectivity index (χ1n) is 8.29. The molecule has 0 aromatic heterocycles. The van der Waals surface area contributed by atoms with Gasteiger partial charge in [0.15, 0.2) is 0 Å². The molecule has 0 radical (unpaired) electrons. The summed E-state index contributed by atoms with van der Waals surface area (Å²) >= 11 is 0. The number of nitrogens with zero attached hydrogens (tertiary/aromatic N) is 1. The van der Waals surface area contributed by atoms with Crippen LogP contribution >= 0.6 is 0 Å². The molecule has 2 rings (SSSR count). The van der Waals surface area contributed by atoms with E-state index < -0.39 is 0 Å². The molecule has 0 heterocycles. The molecule has 2 heteroatoms. The molecule has 2 nitrogen and oxygen atoms in total. The van der Waals surface area contributed by atoms with Gasteiger partial charge >= 0.3 is 0 Å². The third-order valence-corrected chi connectivity index (χ3v) is 5.00. The van der Waals surface area contributed by atoms with E-state index in [0.717, 1.165) is 18.4 Å². The largest absolute Gasteiger partial charge is 0.329 e. The minimum atomic E-state index is 0.661. The van der Waals surface area contributed by atoms with Crippen LogP contribution in [0.5, 0.6) is 0 Å². The molecule has 2 fully saturated rings. The Balaban J connectivity index is 1.90. The minimum absolute atomic E-state index is 0.661. The van der Waals surface area contributed by atoms with Gasteiger partial charge in [-0.15, -0.1) is 0 Å². The first kappa shape index (κ1) is 14.3. The van der Waals surface area contributed by atoms with Crippen molar-refractivity contribution in [2.75, 3.05) is 19.6 Å². The van der Waals surface area contributed by atoms with Gasteiger partial charge in [-0.2, -0.15) is 0 Å². The Hall–Kier alpha value is -0.0800. The summed E-state index contributed by atoms with van der Waals surface area (Å²) < 4.78 is 0. The molecule has 0 bridgehead atoms. The van der Waals surface area contributed by atoms with Crippen LogP contribution in [0.4, 0.5) is 0 Å². The summed E-state index contributed by atoms with van der Waals surface area (Å²) in [6.45, 7) is 5.68. The van der Waals surface area contributed by atoms with Crippen LogP contribution in [0.15, 0.2) is 0 Å². The Morgan fingerprint density at radius 3 is 2.11 bits per heavy atom. The molecule has 1 unspecified atom stereocenters. The van der Waals surface area contributed by atoms with Gasteiger partial charge in [0.1, 0.15) is 0 Å². The quantitative estimate of drug-likeness (QED) is 0.785. The fourth-order valence-corrected chi connectivity index (χ4v) is 3.64. The predicted molar refractivity (Wildman–Crippen MR) is 78.6 cm³/mol. The summed E-state index contributed by atoms with van der Waals surface area (Å²) in [6, 6.07) is 0.661. The first-order chi connectivity index (χ1) is 8.85. The number of likely N-dealkylation sites (N-methyl/N-ethyl adjacent to an activating group) is 1. The summed E-state index contributed by atoms with van der Waals surface area (Å²) in [6.07, 6.45) is 13.0. The molecule has 106 valence electrons. The molecule has 1 atom stereocenters. The predicted octanol–water partition coefficient (Wildman–Crippen LogP) is 3.41. The average Bonchev–Trinajstić information content (AvgIpc) is 3.14. The van der Waals surface area contributed by atoms with E-state index in [-0.39, 0.29) is 0 Å². The summed E-state index contributed by atoms with van der Waals surface area (Å²) in [5, 5.41) is 0. The van der Waals surface area contributed by atoms with Crippen LogP contribution in [-0.4, -0.2) is 30.6 Å². The fraction of sp³-hybridized carbons (Fsp3) is 1.00. The lowest BCUT2D eigenvalue weighted by molar-refractivity contribution is 0.128. The van der Waals surface area contributed by atoms with E-state index in [4.69, 9.17) is 5.73 Å². The Morgan fingerprint density at radius 1 is 1.00 bits per heavy atom. The van der Waals surface area contributed by atoms with E-state index in [9.17, 15) is 0 Å². The van der Waals surface area contributed by atoms with E-state index in [1.54, 1.807) is 0 Å². The van der Waals surface area contributed by atoms with Crippen molar-refractivity contribution in [1.29, 1.82) is 0 Å². The molecular formula is C16H32N2. The van der Waals surface area contributed by atoms with Crippen molar-refractivity contribution in [3.05, 3.63) is 0 Å². The fourth-order valence-electron chi connectivity index (χ4n) is 3.64. The Morgan fingerprint density at radius 2 is 1.61 bits per heavy atom. The monoisotopic (exact) mass is 252 g/mol. The van der Waals surface area contributed by atoms with E-state index in [2.05, 4.69) is 11.8 Å². The third-order valence-electron chi connectivity index (χ3n) is 5.00. The third kappa shape index (κ3) is 4.24. The van der Waals surface area contributed by atoms with Gasteiger partial charge in [0.05, 0.1) is 0 Å². The molecule has 0 spiro atoms. The second kappa shape index (κ2) is 7.49. The normalized spacial score (nSPS) is 24.8. The number of rotatable bonds is 6. The van der Waals surface area contributed by atoms with E-state index in [1.807, 2.05) is 0 Å². The maximum atomic E-state index is 6.12. The van der Waals surface area contributed by atoms with E-state index >= 15 is 0 Å². The summed E-state index contributed by atoms with van der Waals surface area (Å²) in [4.78, 5) is 2.70. The van der Waals surface area contributed by atoms with Gasteiger partial charge in [-0.1, -0.05) is 39.0 Å². The van der Waals surface area contributed by atoms with Crippen LogP contribution < -0.4 is 5.73 Å². The second-order valence-electron chi connectivity index (χ2n) is 6.44. The van der Waals surface area contributed by atoms with Crippen molar-refractivity contribution in [3.63, 3.8) is 0 Å². The first-order valence-corrected chi connectivity index (χ1v) is 8.29. The van der Waals surface area contributed by atoms with Crippen molar-refractivity contribution in [2.24, 2.45) is 17.6 Å². The highest BCUT2D eigenvalue weighted by Crippen LogP contribution is 2.33. The Kier molecular flexibility index (Phi) is 5.97. The lowest BCUT2D eigenvalue weighted by Crippen LogP contribution is -2.46. The molecule has 2 N–H and O–H groups in total. The van der Waals surface area contributed by atoms with Gasteiger partial charge in [0, 0.05) is 19.1 Å². The summed E-state index contributed by atoms with van der Waals surface area (Å²) in [5.74, 6) is 1.86. The van der Waals surface area contributed by atoms with Crippen molar-refractivity contribution < 1.29 is 0 Å². The minimum Gasteiger partial charge on any atom is -0.329 e. The Bertz CT molecular complexity index is 217. The number of hydrogen-bond donors (Lipinski definition) is 1. The zero-order valence-corrected chi connectivity index (χ0v) is 12.2. The zero-order valence-electron chi connectivity index (χ0n) is 12.2. The average molecular weight is 252 g/mol. The van der Waals surface area contributed by atoms with E-state index in [0.29, 0.717) is 6.04 Å². The van der Waals surface area contributed by atoms with Crippen LogP contribution in [-0.2, 0) is 0 Å². The number of nitrogens with two attached hydrogens (primary N) is 1. The van der Waals surface area contributed by atoms with Crippen molar-refractivity contribution in [2.45, 2.75) is 70.8 Å². The van der Waals surface area contributed by atoms with Gasteiger partial charge in [0.2, 0.25) is 0 Å². The second-order valence-corrected chi connectivity index (χ2v) is 6.44. The molecule has 2 aliphatic carbocycles. The molecule has 0 aromatic carbocycles. The van der Waals surface area contributed by atoms with E-state index in [1.165, 1.54) is 70.9 Å². The topological polar surface area (TPSA) is 29.3 Å². The van der Waals surface area contributed by atoms with Crippen LogP contribution in [0.2, 0.25) is 0 Å². The molecule has 0 amide bonds. The number of hydrogen-bond acceptors (Lipinski definition) is 2. The zero-order chi connectivity index (χ0) is 12.8. The van der Waals surface area contributed by atoms with Gasteiger partial charge in [-0.05, 0) is 44.1 Å². The van der Waals surface area contributed by atoms with Crippen molar-refractivity contribution in [1.82, 2.24) is 4.90 Å². The highest BCUT2D eigenvalue weighted by molar-refractivity contribution is 4.85. The SMILES string of the molecule is CCN(CC1CC1)C(CN)C1CCCCCCC1. The van der Waals surface area contributed by atoms with Crippen LogP contribution in [0.25, 0.3) is 0 Å². The lowest BCUT2D eigenvalue weighted by atomic mass is 9.85. The molecular weight excluding hydrogens is 220 g/mol. The molecule has 2 saturated carbocycles. The molecule has 0 aliphatic heterocycles. The highest BCUT2D eigenvalue weighted by atomic mass is 15.2. The summed E-state index contributed by atoms with van der Waals surface area (Å²) in [7, 11) is 0. The van der Waals surface area contributed by atoms with Crippen LogP contribution in [0.3, 0.4) is 0 Å². The summed E-state index contributed by atoms with van der Waals surface area (Å²) in [5.41, 5.74) is 6.12. The van der Waals surface area contributed by atoms with Crippen LogP contribution in [0, 0.1) is 11.8 Å². The van der Waals surface area contributed by atoms with Crippen molar-refractivity contribution in [3.8, 4) is 0 Å². The van der Waals surface area contributed by atoms with Crippen LogP contribution in [0.1, 0.15) is 64.7 Å². The van der Waals surface area contributed by atoms with Gasteiger partial charge in [-0.3, -0.25) is 4.90 Å². The molecule has 18 heavy (non-hydrogen) atoms. The maximum Gasteiger partial charge on any atom is 0.0246 e.